The summed E-state index contributed by atoms with van der Waals surface area (Å²) in [6.45, 7) is 4.86. The highest BCUT2D eigenvalue weighted by atomic mass is 16.5. The lowest BCUT2D eigenvalue weighted by Gasteiger charge is -2.30. The molecule has 1 fully saturated rings. The number of fused-ring (bicyclic) bond motifs is 1. The second-order valence-electron chi connectivity index (χ2n) is 7.94. The number of pyridine rings is 1. The van der Waals surface area contributed by atoms with Crippen molar-refractivity contribution in [2.24, 2.45) is 0 Å². The summed E-state index contributed by atoms with van der Waals surface area (Å²) in [4.78, 5) is 19.9. The Balaban J connectivity index is 1.68. The highest BCUT2D eigenvalue weighted by Crippen LogP contribution is 2.33. The average molecular weight is 393 g/mol. The highest BCUT2D eigenvalue weighted by molar-refractivity contribution is 5.97. The van der Waals surface area contributed by atoms with E-state index >= 15 is 0 Å². The van der Waals surface area contributed by atoms with Crippen LogP contribution in [0.1, 0.15) is 73.1 Å². The summed E-state index contributed by atoms with van der Waals surface area (Å²) in [5.41, 5.74) is 3.04. The summed E-state index contributed by atoms with van der Waals surface area (Å²) < 4.78 is 10.6. The number of benzene rings is 1. The van der Waals surface area contributed by atoms with Gasteiger partial charge in [-0.3, -0.25) is 4.79 Å². The molecule has 1 saturated heterocycles. The van der Waals surface area contributed by atoms with Crippen LogP contribution in [0.25, 0.3) is 11.1 Å². The van der Waals surface area contributed by atoms with Crippen molar-refractivity contribution in [3.63, 3.8) is 0 Å². The van der Waals surface area contributed by atoms with E-state index in [1.165, 1.54) is 0 Å². The Labute approximate surface area is 170 Å². The Morgan fingerprint density at radius 1 is 1.21 bits per heavy atom. The van der Waals surface area contributed by atoms with Crippen molar-refractivity contribution in [1.29, 1.82) is 0 Å². The summed E-state index contributed by atoms with van der Waals surface area (Å²) in [5, 5.41) is 4.95. The van der Waals surface area contributed by atoms with Crippen molar-refractivity contribution in [2.45, 2.75) is 51.5 Å². The molecule has 0 aliphatic carbocycles. The Morgan fingerprint density at radius 3 is 2.72 bits per heavy atom. The molecule has 1 unspecified atom stereocenters. The molecule has 1 atom stereocenters. The first-order valence-electron chi connectivity index (χ1n) is 10.3. The quantitative estimate of drug-likeness (QED) is 0.616. The number of methoxy groups -OCH3 is 1. The largest absolute Gasteiger partial charge is 0.497 e. The smallest absolute Gasteiger partial charge is 0.257 e. The second-order valence-corrected chi connectivity index (χ2v) is 7.94. The molecule has 0 saturated carbocycles. The summed E-state index contributed by atoms with van der Waals surface area (Å²) >= 11 is 0. The molecule has 6 nitrogen and oxygen atoms in total. The number of nitrogens with zero attached hydrogens (tertiary/aromatic N) is 3. The summed E-state index contributed by atoms with van der Waals surface area (Å²) in [5.74, 6) is 1.04. The number of likely N-dealkylation sites (tertiary alicyclic amines) is 1. The van der Waals surface area contributed by atoms with Gasteiger partial charge in [0.15, 0.2) is 0 Å². The molecule has 1 aliphatic heterocycles. The van der Waals surface area contributed by atoms with Crippen LogP contribution in [0.4, 0.5) is 0 Å². The van der Waals surface area contributed by atoms with Crippen LogP contribution < -0.4 is 4.74 Å². The molecule has 6 heteroatoms. The van der Waals surface area contributed by atoms with E-state index in [0.29, 0.717) is 11.3 Å². The van der Waals surface area contributed by atoms with E-state index in [-0.39, 0.29) is 17.9 Å². The number of hydrogen-bond acceptors (Lipinski definition) is 5. The minimum absolute atomic E-state index is 0.0121. The number of rotatable bonds is 4. The molecule has 3 heterocycles. The van der Waals surface area contributed by atoms with Crippen LogP contribution in [0.2, 0.25) is 0 Å². The van der Waals surface area contributed by atoms with E-state index in [4.69, 9.17) is 9.26 Å². The molecule has 0 N–H and O–H groups in total. The van der Waals surface area contributed by atoms with E-state index in [9.17, 15) is 4.79 Å². The fourth-order valence-corrected chi connectivity index (χ4v) is 4.07. The molecule has 2 aromatic heterocycles. The van der Waals surface area contributed by atoms with Crippen LogP contribution in [0, 0.1) is 0 Å². The number of carbonyl (C=O) groups excluding carboxylic acids is 1. The molecule has 1 amide bonds. The van der Waals surface area contributed by atoms with Crippen LogP contribution in [-0.2, 0) is 0 Å². The standard InChI is InChI=1S/C23H27N3O3/c1-15(2)21-19-13-17(14-24-22(19)29-25-21)23(27)26-12-6-4-5-7-20(26)16-8-10-18(28-3)11-9-16/h8-11,13-15,20H,4-7,12H2,1-3H3. The maximum Gasteiger partial charge on any atom is 0.257 e. The Hall–Kier alpha value is -2.89. The average Bonchev–Trinajstić information content (AvgIpc) is 3.02. The van der Waals surface area contributed by atoms with Gasteiger partial charge < -0.3 is 14.2 Å². The van der Waals surface area contributed by atoms with Crippen LogP contribution in [0.3, 0.4) is 0 Å². The van der Waals surface area contributed by atoms with Gasteiger partial charge in [0, 0.05) is 12.7 Å². The van der Waals surface area contributed by atoms with Gasteiger partial charge in [0.25, 0.3) is 11.6 Å². The fraction of sp³-hybridized carbons (Fsp3) is 0.435. The van der Waals surface area contributed by atoms with E-state index in [2.05, 4.69) is 36.1 Å². The minimum Gasteiger partial charge on any atom is -0.497 e. The van der Waals surface area contributed by atoms with E-state index in [0.717, 1.165) is 54.6 Å². The van der Waals surface area contributed by atoms with Crippen LogP contribution >= 0.6 is 0 Å². The molecule has 1 aliphatic rings. The van der Waals surface area contributed by atoms with Gasteiger partial charge in [-0.05, 0) is 42.5 Å². The summed E-state index contributed by atoms with van der Waals surface area (Å²) in [6.07, 6.45) is 5.82. The van der Waals surface area contributed by atoms with Gasteiger partial charge in [0.1, 0.15) is 5.75 Å². The molecule has 0 bridgehead atoms. The molecular weight excluding hydrogens is 366 g/mol. The van der Waals surface area contributed by atoms with Crippen LogP contribution in [-0.4, -0.2) is 34.6 Å². The van der Waals surface area contributed by atoms with Crippen LogP contribution in [0.15, 0.2) is 41.1 Å². The minimum atomic E-state index is 0.0121. The van der Waals surface area contributed by atoms with Gasteiger partial charge >= 0.3 is 0 Å². The number of amides is 1. The molecule has 29 heavy (non-hydrogen) atoms. The topological polar surface area (TPSA) is 68.5 Å². The zero-order valence-electron chi connectivity index (χ0n) is 17.2. The third-order valence-corrected chi connectivity index (χ3v) is 5.67. The Bertz CT molecular complexity index is 994. The molecule has 152 valence electrons. The lowest BCUT2D eigenvalue weighted by molar-refractivity contribution is 0.0680. The van der Waals surface area contributed by atoms with Crippen molar-refractivity contribution in [1.82, 2.24) is 15.0 Å². The van der Waals surface area contributed by atoms with E-state index in [1.807, 2.05) is 23.1 Å². The number of carbonyl (C=O) groups is 1. The molecule has 4 rings (SSSR count). The number of aromatic nitrogens is 2. The SMILES string of the molecule is COc1ccc(C2CCCCCN2C(=O)c2cnc3onc(C(C)C)c3c2)cc1. The monoisotopic (exact) mass is 393 g/mol. The molecule has 1 aromatic carbocycles. The van der Waals surface area contributed by atoms with Crippen molar-refractivity contribution >= 4 is 17.0 Å². The third kappa shape index (κ3) is 3.84. The highest BCUT2D eigenvalue weighted by Gasteiger charge is 2.28. The van der Waals surface area contributed by atoms with Crippen molar-refractivity contribution < 1.29 is 14.1 Å². The predicted molar refractivity (Wildman–Crippen MR) is 111 cm³/mol. The van der Waals surface area contributed by atoms with Gasteiger partial charge in [-0.1, -0.05) is 44.0 Å². The van der Waals surface area contributed by atoms with Gasteiger partial charge in [0.05, 0.1) is 29.8 Å². The van der Waals surface area contributed by atoms with Crippen LogP contribution in [0.5, 0.6) is 5.75 Å². The lowest BCUT2D eigenvalue weighted by Crippen LogP contribution is -2.34. The Kier molecular flexibility index (Phi) is 5.51. The summed E-state index contributed by atoms with van der Waals surface area (Å²) in [7, 11) is 1.66. The van der Waals surface area contributed by atoms with Crippen molar-refractivity contribution in [3.8, 4) is 5.75 Å². The first-order chi connectivity index (χ1) is 14.1. The molecular formula is C23H27N3O3. The van der Waals surface area contributed by atoms with Gasteiger partial charge in [-0.25, -0.2) is 4.98 Å². The van der Waals surface area contributed by atoms with E-state index < -0.39 is 0 Å². The lowest BCUT2D eigenvalue weighted by atomic mass is 9.99. The van der Waals surface area contributed by atoms with Gasteiger partial charge in [0.2, 0.25) is 0 Å². The normalized spacial score (nSPS) is 17.5. The fourth-order valence-electron chi connectivity index (χ4n) is 4.07. The zero-order chi connectivity index (χ0) is 20.4. The molecule has 3 aromatic rings. The van der Waals surface area contributed by atoms with Gasteiger partial charge in [-0.15, -0.1) is 0 Å². The third-order valence-electron chi connectivity index (χ3n) is 5.67. The maximum atomic E-state index is 13.5. The molecule has 0 spiro atoms. The summed E-state index contributed by atoms with van der Waals surface area (Å²) in [6, 6.07) is 9.98. The Morgan fingerprint density at radius 2 is 2.00 bits per heavy atom. The predicted octanol–water partition coefficient (Wildman–Crippen LogP) is 5.11. The molecule has 0 radical (unpaired) electrons. The maximum absolute atomic E-state index is 13.5. The first kappa shape index (κ1) is 19.4. The van der Waals surface area contributed by atoms with Crippen molar-refractivity contribution in [2.75, 3.05) is 13.7 Å². The van der Waals surface area contributed by atoms with Crippen molar-refractivity contribution in [3.05, 3.63) is 53.3 Å². The second kappa shape index (κ2) is 8.23. The first-order valence-corrected chi connectivity index (χ1v) is 10.3. The van der Waals surface area contributed by atoms with Gasteiger partial charge in [-0.2, -0.15) is 0 Å². The number of ether oxygens (including phenoxy) is 1. The van der Waals surface area contributed by atoms with E-state index in [1.54, 1.807) is 13.3 Å². The number of hydrogen-bond donors (Lipinski definition) is 0. The zero-order valence-corrected chi connectivity index (χ0v) is 17.2.